The summed E-state index contributed by atoms with van der Waals surface area (Å²) < 4.78 is 17.5. The van der Waals surface area contributed by atoms with E-state index in [-0.39, 0.29) is 6.10 Å². The van der Waals surface area contributed by atoms with E-state index >= 15 is 0 Å². The Labute approximate surface area is 237 Å². The molecule has 2 rings (SSSR count). The van der Waals surface area contributed by atoms with Gasteiger partial charge in [0, 0.05) is 25.7 Å². The van der Waals surface area contributed by atoms with E-state index in [4.69, 9.17) is 20.6 Å². The third-order valence-corrected chi connectivity index (χ3v) is 6.75. The predicted octanol–water partition coefficient (Wildman–Crippen LogP) is 7.86. The first-order chi connectivity index (χ1) is 19.1. The quantitative estimate of drug-likeness (QED) is 0.139. The van der Waals surface area contributed by atoms with Crippen LogP contribution in [-0.4, -0.2) is 30.5 Å². The summed E-state index contributed by atoms with van der Waals surface area (Å²) in [7, 11) is 1.65. The van der Waals surface area contributed by atoms with Crippen molar-refractivity contribution in [1.29, 1.82) is 0 Å². The van der Waals surface area contributed by atoms with E-state index in [0.717, 1.165) is 29.7 Å². The van der Waals surface area contributed by atoms with E-state index in [1.165, 1.54) is 44.9 Å². The first-order valence-electron chi connectivity index (χ1n) is 14.6. The molecule has 3 atom stereocenters. The lowest BCUT2D eigenvalue weighted by molar-refractivity contribution is -0.0309. The van der Waals surface area contributed by atoms with Crippen LogP contribution in [-0.2, 0) is 22.7 Å². The molecule has 0 aromatic heterocycles. The first-order valence-corrected chi connectivity index (χ1v) is 14.6. The largest absolute Gasteiger partial charge is 0.497 e. The summed E-state index contributed by atoms with van der Waals surface area (Å²) in [6.07, 6.45) is 17.2. The molecule has 0 saturated carbocycles. The van der Waals surface area contributed by atoms with Gasteiger partial charge in [-0.3, -0.25) is 0 Å². The predicted molar refractivity (Wildman–Crippen MR) is 160 cm³/mol. The van der Waals surface area contributed by atoms with Crippen LogP contribution < -0.4 is 4.74 Å². The maximum absolute atomic E-state index is 10.7. The van der Waals surface area contributed by atoms with Gasteiger partial charge in [-0.2, -0.15) is 0 Å². The van der Waals surface area contributed by atoms with E-state index in [1.807, 2.05) is 54.6 Å². The molecule has 0 amide bonds. The Balaban J connectivity index is 1.82. The molecule has 39 heavy (non-hydrogen) atoms. The second-order valence-corrected chi connectivity index (χ2v) is 10.1. The zero-order chi connectivity index (χ0) is 28.0. The van der Waals surface area contributed by atoms with Crippen LogP contribution in [0.5, 0.6) is 5.75 Å². The van der Waals surface area contributed by atoms with Gasteiger partial charge >= 0.3 is 0 Å². The van der Waals surface area contributed by atoms with E-state index < -0.39 is 12.2 Å². The fourth-order valence-corrected chi connectivity index (χ4v) is 4.37. The highest BCUT2D eigenvalue weighted by molar-refractivity contribution is 5.26. The van der Waals surface area contributed by atoms with Crippen LogP contribution in [0.3, 0.4) is 0 Å². The number of hydrogen-bond acceptors (Lipinski definition) is 4. The molecule has 0 fully saturated rings. The fraction of sp³-hybridized carbons (Fsp3) is 0.543. The second-order valence-electron chi connectivity index (χ2n) is 10.1. The molecule has 0 aliphatic carbocycles. The zero-order valence-electron chi connectivity index (χ0n) is 24.1. The van der Waals surface area contributed by atoms with Crippen LogP contribution in [0.2, 0.25) is 0 Å². The van der Waals surface area contributed by atoms with Crippen molar-refractivity contribution < 1.29 is 19.3 Å². The molecule has 0 heterocycles. The molecular formula is C35H48O4. The van der Waals surface area contributed by atoms with Crippen molar-refractivity contribution in [2.45, 2.75) is 115 Å². The topological polar surface area (TPSA) is 47.9 Å². The van der Waals surface area contributed by atoms with Crippen LogP contribution in [0.1, 0.15) is 95.1 Å². The number of methoxy groups -OCH3 is 1. The Hall–Kier alpha value is -2.76. The second kappa shape index (κ2) is 21.1. The monoisotopic (exact) mass is 532 g/mol. The van der Waals surface area contributed by atoms with Crippen molar-refractivity contribution in [1.82, 2.24) is 0 Å². The van der Waals surface area contributed by atoms with Gasteiger partial charge in [0.1, 0.15) is 11.9 Å². The molecule has 4 heteroatoms. The zero-order valence-corrected chi connectivity index (χ0v) is 24.1. The van der Waals surface area contributed by atoms with Gasteiger partial charge < -0.3 is 19.3 Å². The molecule has 0 saturated heterocycles. The summed E-state index contributed by atoms with van der Waals surface area (Å²) in [5.41, 5.74) is 2.10. The van der Waals surface area contributed by atoms with E-state index in [0.29, 0.717) is 32.5 Å². The number of aliphatic hydroxyl groups is 1. The van der Waals surface area contributed by atoms with Crippen LogP contribution in [0.25, 0.3) is 0 Å². The fourth-order valence-electron chi connectivity index (χ4n) is 4.37. The Bertz CT molecular complexity index is 968. The minimum atomic E-state index is -0.579. The number of hydrogen-bond donors (Lipinski definition) is 1. The van der Waals surface area contributed by atoms with Crippen molar-refractivity contribution in [3.05, 3.63) is 65.7 Å². The van der Waals surface area contributed by atoms with Gasteiger partial charge in [-0.15, -0.1) is 18.3 Å². The van der Waals surface area contributed by atoms with Gasteiger partial charge in [-0.05, 0) is 29.7 Å². The lowest BCUT2D eigenvalue weighted by Gasteiger charge is -2.23. The van der Waals surface area contributed by atoms with Gasteiger partial charge in [-0.25, -0.2) is 0 Å². The lowest BCUT2D eigenvalue weighted by atomic mass is 10.0. The number of aliphatic hydroxyl groups excluding tert-OH is 1. The Morgan fingerprint density at radius 1 is 0.769 bits per heavy atom. The SMILES string of the molecule is C#C[C@@H](C[C@H](C[C@H](O)CC#CCCCCCCCCCC)OCc1ccc(OC)cc1)OCc1ccccc1. The highest BCUT2D eigenvalue weighted by Gasteiger charge is 2.20. The summed E-state index contributed by atoms with van der Waals surface area (Å²) in [4.78, 5) is 0. The van der Waals surface area contributed by atoms with Crippen molar-refractivity contribution in [3.63, 3.8) is 0 Å². The van der Waals surface area contributed by atoms with Crippen LogP contribution in [0.15, 0.2) is 54.6 Å². The van der Waals surface area contributed by atoms with Gasteiger partial charge in [0.2, 0.25) is 0 Å². The smallest absolute Gasteiger partial charge is 0.120 e. The number of benzene rings is 2. The van der Waals surface area contributed by atoms with Crippen molar-refractivity contribution in [2.75, 3.05) is 7.11 Å². The molecule has 2 aromatic carbocycles. The minimum Gasteiger partial charge on any atom is -0.497 e. The molecule has 0 aliphatic heterocycles. The van der Waals surface area contributed by atoms with Gasteiger partial charge in [0.15, 0.2) is 0 Å². The van der Waals surface area contributed by atoms with Gasteiger partial charge in [0.05, 0.1) is 32.5 Å². The Morgan fingerprint density at radius 2 is 1.41 bits per heavy atom. The molecule has 212 valence electrons. The molecule has 2 aromatic rings. The van der Waals surface area contributed by atoms with E-state index in [1.54, 1.807) is 7.11 Å². The van der Waals surface area contributed by atoms with Crippen molar-refractivity contribution >= 4 is 0 Å². The summed E-state index contributed by atoms with van der Waals surface area (Å²) in [5.74, 6) is 9.96. The van der Waals surface area contributed by atoms with Crippen LogP contribution in [0.4, 0.5) is 0 Å². The molecule has 0 unspecified atom stereocenters. The van der Waals surface area contributed by atoms with Gasteiger partial charge in [0.25, 0.3) is 0 Å². The summed E-state index contributed by atoms with van der Waals surface area (Å²) in [5, 5.41) is 10.7. The Morgan fingerprint density at radius 3 is 2.08 bits per heavy atom. The van der Waals surface area contributed by atoms with Gasteiger partial charge in [-0.1, -0.05) is 100 Å². The van der Waals surface area contributed by atoms with Crippen molar-refractivity contribution in [2.24, 2.45) is 0 Å². The average Bonchev–Trinajstić information content (AvgIpc) is 2.97. The van der Waals surface area contributed by atoms with Crippen LogP contribution in [0, 0.1) is 24.2 Å². The lowest BCUT2D eigenvalue weighted by Crippen LogP contribution is -2.26. The number of terminal acetylenes is 1. The number of rotatable bonds is 20. The van der Waals surface area contributed by atoms with Crippen molar-refractivity contribution in [3.8, 4) is 29.9 Å². The molecular weight excluding hydrogens is 484 g/mol. The molecule has 0 spiro atoms. The molecule has 4 nitrogen and oxygen atoms in total. The highest BCUT2D eigenvalue weighted by Crippen LogP contribution is 2.19. The highest BCUT2D eigenvalue weighted by atomic mass is 16.5. The number of ether oxygens (including phenoxy) is 3. The molecule has 0 radical (unpaired) electrons. The third-order valence-electron chi connectivity index (χ3n) is 6.75. The first kappa shape index (κ1) is 32.5. The normalized spacial score (nSPS) is 13.1. The number of unbranched alkanes of at least 4 members (excludes halogenated alkanes) is 8. The van der Waals surface area contributed by atoms with Crippen LogP contribution >= 0.6 is 0 Å². The average molecular weight is 533 g/mol. The molecule has 0 bridgehead atoms. The molecule has 1 N–H and O–H groups in total. The minimum absolute atomic E-state index is 0.256. The third kappa shape index (κ3) is 15.4. The Kier molecular flexibility index (Phi) is 17.6. The molecule has 0 aliphatic rings. The van der Waals surface area contributed by atoms with E-state index in [2.05, 4.69) is 24.7 Å². The summed E-state index contributed by atoms with van der Waals surface area (Å²) >= 11 is 0. The van der Waals surface area contributed by atoms with E-state index in [9.17, 15) is 5.11 Å². The summed E-state index contributed by atoms with van der Waals surface area (Å²) in [6, 6.07) is 17.8. The standard InChI is InChI=1S/C35H48O4/c1-4-6-7-8-9-10-11-12-13-14-18-21-32(36)26-35(39-29-31-22-24-34(37-3)25-23-31)27-33(5-2)38-28-30-19-16-15-17-20-30/h2,15-17,19-20,22-25,32-33,35-36H,4,6-13,21,26-29H2,1,3H3/t32-,33+,35+/m1/s1. The maximum Gasteiger partial charge on any atom is 0.120 e. The maximum atomic E-state index is 10.7. The summed E-state index contributed by atoms with van der Waals surface area (Å²) in [6.45, 7) is 3.11.